The molecule has 1 N–H and O–H groups in total. The molecule has 36 heavy (non-hydrogen) atoms. The van der Waals surface area contributed by atoms with Gasteiger partial charge in [-0.05, 0) is 24.8 Å². The van der Waals surface area contributed by atoms with Crippen LogP contribution in [0.5, 0.6) is 0 Å². The van der Waals surface area contributed by atoms with Gasteiger partial charge in [0.25, 0.3) is 5.91 Å². The molecule has 1 aliphatic rings. The lowest BCUT2D eigenvalue weighted by molar-refractivity contribution is -0.113. The zero-order valence-electron chi connectivity index (χ0n) is 21.5. The third kappa shape index (κ3) is 6.76. The number of aromatic nitrogens is 3. The van der Waals surface area contributed by atoms with Crippen LogP contribution in [0, 0.1) is 12.8 Å². The van der Waals surface area contributed by atoms with Crippen LogP contribution in [0.15, 0.2) is 17.8 Å². The first kappa shape index (κ1) is 27.9. The zero-order valence-corrected chi connectivity index (χ0v) is 23.1. The lowest BCUT2D eigenvalue weighted by Crippen LogP contribution is -2.21. The number of amides is 2. The molecule has 11 heteroatoms. The average molecular weight is 534 g/mol. The number of nitrogens with zero attached hydrogens (tertiary/aromatic N) is 4. The molecule has 1 aliphatic carbocycles. The molecule has 1 fully saturated rings. The van der Waals surface area contributed by atoms with Gasteiger partial charge in [0.2, 0.25) is 5.91 Å². The number of aryl methyl sites for hydroxylation is 1. The van der Waals surface area contributed by atoms with Crippen molar-refractivity contribution in [3.8, 4) is 0 Å². The third-order valence-electron chi connectivity index (χ3n) is 6.33. The van der Waals surface area contributed by atoms with E-state index in [4.69, 9.17) is 4.74 Å². The molecule has 2 aromatic heterocycles. The van der Waals surface area contributed by atoms with Gasteiger partial charge in [-0.25, -0.2) is 4.79 Å². The topological polar surface area (TPSA) is 106 Å². The molecule has 0 radical (unpaired) electrons. The molecule has 2 aromatic rings. The summed E-state index contributed by atoms with van der Waals surface area (Å²) >= 11 is 2.35. The van der Waals surface area contributed by atoms with Crippen LogP contribution in [-0.4, -0.2) is 64.4 Å². The Morgan fingerprint density at radius 3 is 2.61 bits per heavy atom. The lowest BCUT2D eigenvalue weighted by atomic mass is 9.86. The minimum absolute atomic E-state index is 0.0758. The molecule has 9 nitrogen and oxygen atoms in total. The Kier molecular flexibility index (Phi) is 10.1. The van der Waals surface area contributed by atoms with E-state index in [1.54, 1.807) is 27.1 Å². The Hall–Kier alpha value is -2.66. The van der Waals surface area contributed by atoms with Crippen LogP contribution in [0.3, 0.4) is 0 Å². The Labute approximate surface area is 220 Å². The highest BCUT2D eigenvalue weighted by molar-refractivity contribution is 7.99. The number of thiophene rings is 1. The van der Waals surface area contributed by atoms with E-state index in [0.29, 0.717) is 27.1 Å². The van der Waals surface area contributed by atoms with Crippen LogP contribution in [0.2, 0.25) is 0 Å². The minimum atomic E-state index is -0.599. The highest BCUT2D eigenvalue weighted by atomic mass is 32.2. The first-order valence-corrected chi connectivity index (χ1v) is 14.0. The first-order valence-electron chi connectivity index (χ1n) is 12.2. The molecule has 0 atom stereocenters. The van der Waals surface area contributed by atoms with Crippen molar-refractivity contribution in [3.05, 3.63) is 34.5 Å². The van der Waals surface area contributed by atoms with Gasteiger partial charge in [-0.15, -0.1) is 28.1 Å². The van der Waals surface area contributed by atoms with Gasteiger partial charge >= 0.3 is 5.97 Å². The quantitative estimate of drug-likeness (QED) is 0.256. The van der Waals surface area contributed by atoms with Crippen molar-refractivity contribution in [2.45, 2.75) is 63.6 Å². The second kappa shape index (κ2) is 13.0. The van der Waals surface area contributed by atoms with Crippen molar-refractivity contribution in [1.29, 1.82) is 0 Å². The van der Waals surface area contributed by atoms with Gasteiger partial charge in [-0.3, -0.25) is 9.59 Å². The maximum atomic E-state index is 12.8. The highest BCUT2D eigenvalue weighted by Gasteiger charge is 2.27. The fourth-order valence-corrected chi connectivity index (χ4v) is 6.38. The SMILES string of the molecule is C=CCn1c(CCC2CCCCC2)nnc1SCC(=O)Nc1sc(C(=O)N(C)C)c(C)c1C(=O)OC. The Morgan fingerprint density at radius 1 is 1.25 bits per heavy atom. The third-order valence-corrected chi connectivity index (χ3v) is 8.49. The summed E-state index contributed by atoms with van der Waals surface area (Å²) in [6, 6.07) is 0. The maximum absolute atomic E-state index is 12.8. The number of nitrogens with one attached hydrogen (secondary N) is 1. The van der Waals surface area contributed by atoms with E-state index in [2.05, 4.69) is 22.1 Å². The fourth-order valence-electron chi connectivity index (χ4n) is 4.38. The normalized spacial score (nSPS) is 13.9. The molecule has 0 spiro atoms. The standard InChI is InChI=1S/C25H35N5O4S2/c1-6-14-30-18(13-12-17-10-8-7-9-11-17)27-28-25(30)35-15-19(31)26-22-20(24(33)34-5)16(2)21(36-22)23(32)29(3)4/h6,17H,1,7-15H2,2-5H3,(H,26,31). The van der Waals surface area contributed by atoms with Crippen LogP contribution in [0.1, 0.15) is 69.9 Å². The van der Waals surface area contributed by atoms with Gasteiger partial charge in [0, 0.05) is 27.1 Å². The summed E-state index contributed by atoms with van der Waals surface area (Å²) < 4.78 is 6.90. The summed E-state index contributed by atoms with van der Waals surface area (Å²) in [6.07, 6.45) is 10.3. The van der Waals surface area contributed by atoms with E-state index < -0.39 is 5.97 Å². The number of hydrogen-bond acceptors (Lipinski definition) is 8. The van der Waals surface area contributed by atoms with Crippen LogP contribution >= 0.6 is 23.1 Å². The van der Waals surface area contributed by atoms with Gasteiger partial charge in [0.05, 0.1) is 23.3 Å². The summed E-state index contributed by atoms with van der Waals surface area (Å²) in [5, 5.41) is 12.5. The lowest BCUT2D eigenvalue weighted by Gasteiger charge is -2.21. The molecular weight excluding hydrogens is 498 g/mol. The number of esters is 1. The molecule has 0 aliphatic heterocycles. The molecule has 3 rings (SSSR count). The number of hydrogen-bond donors (Lipinski definition) is 1. The molecule has 196 valence electrons. The van der Waals surface area contributed by atoms with E-state index in [1.165, 1.54) is 55.9 Å². The Bertz CT molecular complexity index is 1100. The number of carbonyl (C=O) groups excluding carboxylic acids is 3. The van der Waals surface area contributed by atoms with E-state index in [1.807, 2.05) is 4.57 Å². The summed E-state index contributed by atoms with van der Waals surface area (Å²) in [4.78, 5) is 39.6. The zero-order chi connectivity index (χ0) is 26.2. The first-order chi connectivity index (χ1) is 17.3. The monoisotopic (exact) mass is 533 g/mol. The van der Waals surface area contributed by atoms with Crippen molar-refractivity contribution in [1.82, 2.24) is 19.7 Å². The summed E-state index contributed by atoms with van der Waals surface area (Å²) in [5.41, 5.74) is 0.688. The second-order valence-corrected chi connectivity index (χ2v) is 11.1. The van der Waals surface area contributed by atoms with Crippen molar-refractivity contribution in [3.63, 3.8) is 0 Å². The van der Waals surface area contributed by atoms with Crippen molar-refractivity contribution >= 4 is 45.9 Å². The van der Waals surface area contributed by atoms with Gasteiger partial charge in [-0.2, -0.15) is 0 Å². The number of methoxy groups -OCH3 is 1. The number of carbonyl (C=O) groups is 3. The van der Waals surface area contributed by atoms with Crippen LogP contribution in [0.4, 0.5) is 5.00 Å². The molecule has 0 unspecified atom stereocenters. The summed E-state index contributed by atoms with van der Waals surface area (Å²) in [6.45, 7) is 6.10. The number of allylic oxidation sites excluding steroid dienone is 1. The molecule has 0 aromatic carbocycles. The summed E-state index contributed by atoms with van der Waals surface area (Å²) in [7, 11) is 4.54. The number of anilines is 1. The van der Waals surface area contributed by atoms with E-state index in [-0.39, 0.29) is 23.1 Å². The van der Waals surface area contributed by atoms with Crippen LogP contribution in [-0.2, 0) is 22.5 Å². The van der Waals surface area contributed by atoms with E-state index in [9.17, 15) is 14.4 Å². The molecule has 0 bridgehead atoms. The predicted molar refractivity (Wildman–Crippen MR) is 143 cm³/mol. The van der Waals surface area contributed by atoms with Crippen LogP contribution in [0.25, 0.3) is 0 Å². The minimum Gasteiger partial charge on any atom is -0.465 e. The number of ether oxygens (including phenoxy) is 1. The molecule has 2 heterocycles. The molecule has 2 amide bonds. The largest absolute Gasteiger partial charge is 0.465 e. The number of rotatable bonds is 11. The summed E-state index contributed by atoms with van der Waals surface area (Å²) in [5.74, 6) is 0.585. The molecule has 0 saturated heterocycles. The molecule has 1 saturated carbocycles. The Balaban J connectivity index is 1.69. The van der Waals surface area contributed by atoms with Crippen molar-refractivity contribution in [2.24, 2.45) is 5.92 Å². The van der Waals surface area contributed by atoms with Gasteiger partial charge < -0.3 is 19.5 Å². The van der Waals surface area contributed by atoms with Gasteiger partial charge in [0.15, 0.2) is 5.16 Å². The van der Waals surface area contributed by atoms with Crippen molar-refractivity contribution in [2.75, 3.05) is 32.3 Å². The van der Waals surface area contributed by atoms with Gasteiger partial charge in [0.1, 0.15) is 10.8 Å². The average Bonchev–Trinajstić information content (AvgIpc) is 3.41. The smallest absolute Gasteiger partial charge is 0.341 e. The van der Waals surface area contributed by atoms with E-state index >= 15 is 0 Å². The predicted octanol–water partition coefficient (Wildman–Crippen LogP) is 4.57. The fraction of sp³-hybridized carbons (Fsp3) is 0.560. The van der Waals surface area contributed by atoms with Gasteiger partial charge in [-0.1, -0.05) is 49.9 Å². The van der Waals surface area contributed by atoms with Crippen LogP contribution < -0.4 is 5.32 Å². The second-order valence-electron chi connectivity index (χ2n) is 9.13. The number of thioether (sulfide) groups is 1. The Morgan fingerprint density at radius 2 is 1.97 bits per heavy atom. The highest BCUT2D eigenvalue weighted by Crippen LogP contribution is 2.34. The van der Waals surface area contributed by atoms with E-state index in [0.717, 1.165) is 35.9 Å². The van der Waals surface area contributed by atoms with Crippen molar-refractivity contribution < 1.29 is 19.1 Å². The molecular formula is C25H35N5O4S2. The maximum Gasteiger partial charge on any atom is 0.341 e.